The Bertz CT molecular complexity index is 683. The number of hydrogen-bond acceptors (Lipinski definition) is 3. The van der Waals surface area contributed by atoms with E-state index < -0.39 is 9.84 Å². The largest absolute Gasteiger partial charge is 0.308 e. The molecule has 0 bridgehead atoms. The molecule has 0 unspecified atom stereocenters. The highest BCUT2D eigenvalue weighted by atomic mass is 32.2. The standard InChI is InChI=1S/C17H19NO2S/c19-21(20)12-16(15-9-5-2-6-10-15)17(13-21)18-11-14-7-3-1-4-8-14/h1-10,16-18H,11-13H2/t16-,17-/m1/s1. The highest BCUT2D eigenvalue weighted by Crippen LogP contribution is 2.29. The van der Waals surface area contributed by atoms with E-state index in [1.54, 1.807) is 0 Å². The van der Waals surface area contributed by atoms with Crippen molar-refractivity contribution in [1.29, 1.82) is 0 Å². The highest BCUT2D eigenvalue weighted by molar-refractivity contribution is 7.91. The van der Waals surface area contributed by atoms with Crippen LogP contribution in [0.4, 0.5) is 0 Å². The van der Waals surface area contributed by atoms with Crippen molar-refractivity contribution in [3.05, 3.63) is 71.8 Å². The van der Waals surface area contributed by atoms with Crippen molar-refractivity contribution in [3.63, 3.8) is 0 Å². The summed E-state index contributed by atoms with van der Waals surface area (Å²) in [6, 6.07) is 20.0. The topological polar surface area (TPSA) is 46.2 Å². The van der Waals surface area contributed by atoms with Gasteiger partial charge in [-0.15, -0.1) is 0 Å². The predicted octanol–water partition coefficient (Wildman–Crippen LogP) is 2.36. The van der Waals surface area contributed by atoms with E-state index in [1.165, 1.54) is 5.56 Å². The number of nitrogens with one attached hydrogen (secondary N) is 1. The van der Waals surface area contributed by atoms with Gasteiger partial charge in [0.05, 0.1) is 11.5 Å². The molecule has 3 rings (SSSR count). The average molecular weight is 301 g/mol. The lowest BCUT2D eigenvalue weighted by molar-refractivity contribution is 0.506. The molecule has 1 saturated heterocycles. The van der Waals surface area contributed by atoms with Gasteiger partial charge < -0.3 is 5.32 Å². The van der Waals surface area contributed by atoms with E-state index in [1.807, 2.05) is 60.7 Å². The maximum Gasteiger partial charge on any atom is 0.152 e. The molecular formula is C17H19NO2S. The van der Waals surface area contributed by atoms with Crippen molar-refractivity contribution in [2.45, 2.75) is 18.5 Å². The van der Waals surface area contributed by atoms with Crippen LogP contribution in [0.1, 0.15) is 17.0 Å². The number of hydrogen-bond donors (Lipinski definition) is 1. The van der Waals surface area contributed by atoms with Crippen LogP contribution in [0.25, 0.3) is 0 Å². The van der Waals surface area contributed by atoms with Gasteiger partial charge in [0.2, 0.25) is 0 Å². The van der Waals surface area contributed by atoms with Crippen LogP contribution in [0.3, 0.4) is 0 Å². The van der Waals surface area contributed by atoms with E-state index in [0.29, 0.717) is 6.54 Å². The van der Waals surface area contributed by atoms with Crippen molar-refractivity contribution in [3.8, 4) is 0 Å². The lowest BCUT2D eigenvalue weighted by atomic mass is 9.94. The van der Waals surface area contributed by atoms with Crippen LogP contribution >= 0.6 is 0 Å². The van der Waals surface area contributed by atoms with Gasteiger partial charge in [0, 0.05) is 18.5 Å². The Balaban J connectivity index is 1.76. The monoisotopic (exact) mass is 301 g/mol. The van der Waals surface area contributed by atoms with Crippen LogP contribution in [0.15, 0.2) is 60.7 Å². The number of sulfone groups is 1. The SMILES string of the molecule is O=S1(=O)C[C@H](c2ccccc2)[C@H](NCc2ccccc2)C1. The van der Waals surface area contributed by atoms with Crippen molar-refractivity contribution < 1.29 is 8.42 Å². The fraction of sp³-hybridized carbons (Fsp3) is 0.294. The average Bonchev–Trinajstić information content (AvgIpc) is 2.82. The second-order valence-corrected chi connectivity index (χ2v) is 7.72. The lowest BCUT2D eigenvalue weighted by Crippen LogP contribution is -2.34. The Morgan fingerprint density at radius 2 is 1.52 bits per heavy atom. The third kappa shape index (κ3) is 3.52. The molecule has 0 amide bonds. The molecule has 0 radical (unpaired) electrons. The summed E-state index contributed by atoms with van der Waals surface area (Å²) in [5, 5.41) is 3.42. The second-order valence-electron chi connectivity index (χ2n) is 5.57. The predicted molar refractivity (Wildman–Crippen MR) is 84.9 cm³/mol. The Morgan fingerprint density at radius 1 is 0.905 bits per heavy atom. The molecule has 1 aliphatic rings. The van der Waals surface area contributed by atoms with Crippen LogP contribution in [0.2, 0.25) is 0 Å². The van der Waals surface area contributed by atoms with Gasteiger partial charge in [0.15, 0.2) is 9.84 Å². The zero-order chi connectivity index (χ0) is 14.7. The minimum Gasteiger partial charge on any atom is -0.308 e. The first-order chi connectivity index (χ1) is 10.1. The quantitative estimate of drug-likeness (QED) is 0.943. The molecule has 0 aliphatic carbocycles. The van der Waals surface area contributed by atoms with Crippen molar-refractivity contribution >= 4 is 9.84 Å². The Kier molecular flexibility index (Phi) is 4.08. The molecule has 2 aromatic carbocycles. The summed E-state index contributed by atoms with van der Waals surface area (Å²) >= 11 is 0. The van der Waals surface area contributed by atoms with Crippen LogP contribution in [0, 0.1) is 0 Å². The number of benzene rings is 2. The summed E-state index contributed by atoms with van der Waals surface area (Å²) in [5.74, 6) is 0.503. The molecule has 2 aromatic rings. The number of rotatable bonds is 4. The Labute approximate surface area is 125 Å². The highest BCUT2D eigenvalue weighted by Gasteiger charge is 2.37. The molecule has 1 N–H and O–H groups in total. The molecule has 110 valence electrons. The van der Waals surface area contributed by atoms with Crippen molar-refractivity contribution in [2.75, 3.05) is 11.5 Å². The smallest absolute Gasteiger partial charge is 0.152 e. The fourth-order valence-corrected chi connectivity index (χ4v) is 4.93. The molecule has 0 saturated carbocycles. The summed E-state index contributed by atoms with van der Waals surface area (Å²) in [6.45, 7) is 0.699. The molecule has 21 heavy (non-hydrogen) atoms. The maximum atomic E-state index is 12.0. The molecule has 1 aliphatic heterocycles. The minimum absolute atomic E-state index is 0.0161. The van der Waals surface area contributed by atoms with Gasteiger partial charge >= 0.3 is 0 Å². The second kappa shape index (κ2) is 6.00. The zero-order valence-electron chi connectivity index (χ0n) is 11.8. The molecule has 0 aromatic heterocycles. The van der Waals surface area contributed by atoms with E-state index in [4.69, 9.17) is 0 Å². The van der Waals surface area contributed by atoms with Gasteiger partial charge in [-0.2, -0.15) is 0 Å². The first kappa shape index (κ1) is 14.3. The molecular weight excluding hydrogens is 282 g/mol. The molecule has 1 fully saturated rings. The van der Waals surface area contributed by atoms with Crippen LogP contribution in [-0.4, -0.2) is 26.0 Å². The summed E-state index contributed by atoms with van der Waals surface area (Å²) in [5.41, 5.74) is 2.28. The summed E-state index contributed by atoms with van der Waals surface area (Å²) in [7, 11) is -2.96. The minimum atomic E-state index is -2.96. The third-order valence-electron chi connectivity index (χ3n) is 3.99. The van der Waals surface area contributed by atoms with Crippen molar-refractivity contribution in [1.82, 2.24) is 5.32 Å². The Hall–Kier alpha value is -1.65. The third-order valence-corrected chi connectivity index (χ3v) is 5.73. The summed E-state index contributed by atoms with van der Waals surface area (Å²) < 4.78 is 24.0. The lowest BCUT2D eigenvalue weighted by Gasteiger charge is -2.20. The molecule has 2 atom stereocenters. The van der Waals surface area contributed by atoms with E-state index in [-0.39, 0.29) is 23.5 Å². The summed E-state index contributed by atoms with van der Waals surface area (Å²) in [4.78, 5) is 0. The van der Waals surface area contributed by atoms with E-state index >= 15 is 0 Å². The van der Waals surface area contributed by atoms with Gasteiger partial charge in [0.25, 0.3) is 0 Å². The van der Waals surface area contributed by atoms with Gasteiger partial charge in [-0.1, -0.05) is 60.7 Å². The van der Waals surface area contributed by atoms with Crippen LogP contribution in [0.5, 0.6) is 0 Å². The molecule has 3 nitrogen and oxygen atoms in total. The van der Waals surface area contributed by atoms with Crippen LogP contribution in [-0.2, 0) is 16.4 Å². The van der Waals surface area contributed by atoms with Gasteiger partial charge in [0.1, 0.15) is 0 Å². The van der Waals surface area contributed by atoms with E-state index in [9.17, 15) is 8.42 Å². The molecule has 0 spiro atoms. The fourth-order valence-electron chi connectivity index (χ4n) is 2.92. The van der Waals surface area contributed by atoms with Gasteiger partial charge in [-0.25, -0.2) is 8.42 Å². The van der Waals surface area contributed by atoms with Gasteiger partial charge in [-0.05, 0) is 11.1 Å². The van der Waals surface area contributed by atoms with Crippen LogP contribution < -0.4 is 5.32 Å². The molecule has 4 heteroatoms. The normalized spacial score (nSPS) is 24.0. The van der Waals surface area contributed by atoms with Crippen molar-refractivity contribution in [2.24, 2.45) is 0 Å². The maximum absolute atomic E-state index is 12.0. The van der Waals surface area contributed by atoms with Gasteiger partial charge in [-0.3, -0.25) is 0 Å². The summed E-state index contributed by atoms with van der Waals surface area (Å²) in [6.07, 6.45) is 0. The molecule has 1 heterocycles. The first-order valence-corrected chi connectivity index (χ1v) is 8.99. The first-order valence-electron chi connectivity index (χ1n) is 7.17. The zero-order valence-corrected chi connectivity index (χ0v) is 12.6. The van der Waals surface area contributed by atoms with E-state index in [0.717, 1.165) is 5.56 Å². The van der Waals surface area contributed by atoms with E-state index in [2.05, 4.69) is 5.32 Å². The Morgan fingerprint density at radius 3 is 2.19 bits per heavy atom.